The normalized spacial score (nSPS) is 30.5. The topological polar surface area (TPSA) is 15.3 Å². The second-order valence-electron chi connectivity index (χ2n) is 7.01. The summed E-state index contributed by atoms with van der Waals surface area (Å²) in [4.78, 5) is 2.72. The monoisotopic (exact) mass is 306 g/mol. The van der Waals surface area contributed by atoms with Crippen molar-refractivity contribution < 1.29 is 0 Å². The molecular weight excluding hydrogens is 280 g/mol. The van der Waals surface area contributed by atoms with Crippen LogP contribution in [-0.2, 0) is 6.54 Å². The second kappa shape index (κ2) is 6.28. The van der Waals surface area contributed by atoms with Gasteiger partial charge in [-0.05, 0) is 49.8 Å². The molecule has 2 unspecified atom stereocenters. The molecular formula is C18H27ClN2. The Balaban J connectivity index is 1.76. The highest BCUT2D eigenvalue weighted by Gasteiger charge is 2.47. The first-order chi connectivity index (χ1) is 10.1. The minimum atomic E-state index is 0.312. The van der Waals surface area contributed by atoms with Gasteiger partial charge in [0.15, 0.2) is 0 Å². The predicted octanol–water partition coefficient (Wildman–Crippen LogP) is 4.08. The number of halogens is 1. The molecule has 0 bridgehead atoms. The standard InChI is InChI=1S/C18H27ClN2/c1-3-5-17-12-21(11-14-6-4-7-16(19)10-14)18(2,13-20-17)15-8-9-15/h4,6-7,10,15,17,20H,3,5,8-9,11-13H2,1-2H3. The van der Waals surface area contributed by atoms with Crippen molar-refractivity contribution in [1.82, 2.24) is 10.2 Å². The third-order valence-corrected chi connectivity index (χ3v) is 5.50. The summed E-state index contributed by atoms with van der Waals surface area (Å²) in [6.45, 7) is 8.04. The Morgan fingerprint density at radius 1 is 1.38 bits per heavy atom. The second-order valence-corrected chi connectivity index (χ2v) is 7.44. The van der Waals surface area contributed by atoms with Gasteiger partial charge in [-0.2, -0.15) is 0 Å². The average Bonchev–Trinajstić information content (AvgIpc) is 3.28. The minimum absolute atomic E-state index is 0.312. The summed E-state index contributed by atoms with van der Waals surface area (Å²) in [5.41, 5.74) is 1.65. The Morgan fingerprint density at radius 2 is 2.19 bits per heavy atom. The first-order valence-corrected chi connectivity index (χ1v) is 8.72. The van der Waals surface area contributed by atoms with Gasteiger partial charge >= 0.3 is 0 Å². The van der Waals surface area contributed by atoms with Crippen LogP contribution in [0.2, 0.25) is 5.02 Å². The van der Waals surface area contributed by atoms with Crippen molar-refractivity contribution in [3.8, 4) is 0 Å². The molecule has 3 rings (SSSR count). The van der Waals surface area contributed by atoms with Crippen molar-refractivity contribution in [2.45, 2.75) is 57.7 Å². The molecule has 3 heteroatoms. The Kier molecular flexibility index (Phi) is 4.58. The van der Waals surface area contributed by atoms with Gasteiger partial charge < -0.3 is 5.32 Å². The van der Waals surface area contributed by atoms with Crippen molar-refractivity contribution in [3.63, 3.8) is 0 Å². The lowest BCUT2D eigenvalue weighted by Crippen LogP contribution is -2.63. The van der Waals surface area contributed by atoms with Crippen molar-refractivity contribution in [1.29, 1.82) is 0 Å². The predicted molar refractivity (Wildman–Crippen MR) is 89.7 cm³/mol. The fourth-order valence-electron chi connectivity index (χ4n) is 3.75. The van der Waals surface area contributed by atoms with E-state index < -0.39 is 0 Å². The van der Waals surface area contributed by atoms with E-state index in [2.05, 4.69) is 42.3 Å². The molecule has 1 saturated heterocycles. The van der Waals surface area contributed by atoms with Crippen molar-refractivity contribution >= 4 is 11.6 Å². The van der Waals surface area contributed by atoms with Crippen LogP contribution in [0.1, 0.15) is 45.1 Å². The number of nitrogens with zero attached hydrogens (tertiary/aromatic N) is 1. The first-order valence-electron chi connectivity index (χ1n) is 8.34. The van der Waals surface area contributed by atoms with E-state index >= 15 is 0 Å². The van der Waals surface area contributed by atoms with Gasteiger partial charge in [0.2, 0.25) is 0 Å². The summed E-state index contributed by atoms with van der Waals surface area (Å²) in [5.74, 6) is 0.867. The molecule has 1 aliphatic carbocycles. The Hall–Kier alpha value is -0.570. The quantitative estimate of drug-likeness (QED) is 0.881. The van der Waals surface area contributed by atoms with Gasteiger partial charge in [0.05, 0.1) is 0 Å². The molecule has 1 aromatic carbocycles. The van der Waals surface area contributed by atoms with Gasteiger partial charge in [0, 0.05) is 36.2 Å². The van der Waals surface area contributed by atoms with Crippen LogP contribution in [0, 0.1) is 5.92 Å². The molecule has 2 nitrogen and oxygen atoms in total. The van der Waals surface area contributed by atoms with Crippen LogP contribution >= 0.6 is 11.6 Å². The maximum absolute atomic E-state index is 6.16. The van der Waals surface area contributed by atoms with E-state index in [-0.39, 0.29) is 0 Å². The Morgan fingerprint density at radius 3 is 2.86 bits per heavy atom. The van der Waals surface area contributed by atoms with E-state index in [1.807, 2.05) is 6.07 Å². The van der Waals surface area contributed by atoms with Crippen LogP contribution < -0.4 is 5.32 Å². The van der Waals surface area contributed by atoms with Gasteiger partial charge in [-0.3, -0.25) is 4.90 Å². The molecule has 21 heavy (non-hydrogen) atoms. The average molecular weight is 307 g/mol. The Bertz CT molecular complexity index is 486. The van der Waals surface area contributed by atoms with E-state index in [0.717, 1.165) is 30.6 Å². The van der Waals surface area contributed by atoms with Crippen LogP contribution in [-0.4, -0.2) is 29.6 Å². The molecule has 2 atom stereocenters. The summed E-state index contributed by atoms with van der Waals surface area (Å²) < 4.78 is 0. The van der Waals surface area contributed by atoms with Gasteiger partial charge in [-0.25, -0.2) is 0 Å². The fourth-order valence-corrected chi connectivity index (χ4v) is 3.97. The minimum Gasteiger partial charge on any atom is -0.311 e. The zero-order valence-corrected chi connectivity index (χ0v) is 14.0. The van der Waals surface area contributed by atoms with Crippen molar-refractivity contribution in [2.24, 2.45) is 5.92 Å². The smallest absolute Gasteiger partial charge is 0.0409 e. The van der Waals surface area contributed by atoms with E-state index in [9.17, 15) is 0 Å². The number of hydrogen-bond donors (Lipinski definition) is 1. The molecule has 0 spiro atoms. The fraction of sp³-hybridized carbons (Fsp3) is 0.667. The third kappa shape index (κ3) is 3.44. The van der Waals surface area contributed by atoms with Crippen molar-refractivity contribution in [3.05, 3.63) is 34.9 Å². The maximum atomic E-state index is 6.16. The van der Waals surface area contributed by atoms with E-state index in [1.165, 1.54) is 31.2 Å². The van der Waals surface area contributed by atoms with Gasteiger partial charge in [0.25, 0.3) is 0 Å². The zero-order chi connectivity index (χ0) is 14.9. The first kappa shape index (κ1) is 15.3. The molecule has 1 aromatic rings. The van der Waals surface area contributed by atoms with Crippen LogP contribution in [0.3, 0.4) is 0 Å². The number of benzene rings is 1. The zero-order valence-electron chi connectivity index (χ0n) is 13.2. The van der Waals surface area contributed by atoms with Crippen molar-refractivity contribution in [2.75, 3.05) is 13.1 Å². The van der Waals surface area contributed by atoms with E-state index in [0.29, 0.717) is 11.6 Å². The van der Waals surface area contributed by atoms with Gasteiger partial charge in [-0.15, -0.1) is 0 Å². The number of piperazine rings is 1. The molecule has 2 fully saturated rings. The van der Waals surface area contributed by atoms with Gasteiger partial charge in [-0.1, -0.05) is 37.1 Å². The molecule has 0 radical (unpaired) electrons. The number of hydrogen-bond acceptors (Lipinski definition) is 2. The third-order valence-electron chi connectivity index (χ3n) is 5.27. The summed E-state index contributed by atoms with van der Waals surface area (Å²) in [7, 11) is 0. The molecule has 0 aromatic heterocycles. The summed E-state index contributed by atoms with van der Waals surface area (Å²) in [5, 5.41) is 4.64. The summed E-state index contributed by atoms with van der Waals surface area (Å²) in [6.07, 6.45) is 5.31. The molecule has 0 amide bonds. The molecule has 1 aliphatic heterocycles. The highest BCUT2D eigenvalue weighted by atomic mass is 35.5. The summed E-state index contributed by atoms with van der Waals surface area (Å²) >= 11 is 6.16. The number of nitrogens with one attached hydrogen (secondary N) is 1. The molecule has 2 aliphatic rings. The van der Waals surface area contributed by atoms with Crippen LogP contribution in [0.25, 0.3) is 0 Å². The highest BCUT2D eigenvalue weighted by molar-refractivity contribution is 6.30. The number of rotatable bonds is 5. The lowest BCUT2D eigenvalue weighted by molar-refractivity contribution is 0.0260. The van der Waals surface area contributed by atoms with Crippen LogP contribution in [0.4, 0.5) is 0 Å². The highest BCUT2D eigenvalue weighted by Crippen LogP contribution is 2.44. The lowest BCUT2D eigenvalue weighted by atomic mass is 9.88. The Labute approximate surface area is 133 Å². The van der Waals surface area contributed by atoms with Crippen LogP contribution in [0.15, 0.2) is 24.3 Å². The molecule has 1 heterocycles. The largest absolute Gasteiger partial charge is 0.311 e. The molecule has 1 saturated carbocycles. The van der Waals surface area contributed by atoms with E-state index in [1.54, 1.807) is 0 Å². The van der Waals surface area contributed by atoms with Gasteiger partial charge in [0.1, 0.15) is 0 Å². The lowest BCUT2D eigenvalue weighted by Gasteiger charge is -2.49. The van der Waals surface area contributed by atoms with E-state index in [4.69, 9.17) is 11.6 Å². The van der Waals surface area contributed by atoms with Crippen LogP contribution in [0.5, 0.6) is 0 Å². The molecule has 1 N–H and O–H groups in total. The SMILES string of the molecule is CCCC1CN(Cc2cccc(Cl)c2)C(C)(C2CC2)CN1. The maximum Gasteiger partial charge on any atom is 0.0409 e. The summed E-state index contributed by atoms with van der Waals surface area (Å²) in [6, 6.07) is 8.99. The molecule has 116 valence electrons.